The molecule has 1 aliphatic heterocycles. The Labute approximate surface area is 102 Å². The largest absolute Gasteiger partial charge is 0.486 e. The van der Waals surface area contributed by atoms with Gasteiger partial charge in [0.15, 0.2) is 11.5 Å². The molecule has 0 aromatic heterocycles. The summed E-state index contributed by atoms with van der Waals surface area (Å²) in [5.74, 6) is 1.72. The summed E-state index contributed by atoms with van der Waals surface area (Å²) < 4.78 is 16.0. The summed E-state index contributed by atoms with van der Waals surface area (Å²) in [6.07, 6.45) is 0.986. The van der Waals surface area contributed by atoms with Crippen LogP contribution in [-0.4, -0.2) is 40.0 Å². The normalized spacial score (nSPS) is 13.7. The number of fused-ring (bicyclic) bond motifs is 1. The van der Waals surface area contributed by atoms with E-state index >= 15 is 0 Å². The van der Waals surface area contributed by atoms with Crippen molar-refractivity contribution in [3.05, 3.63) is 23.8 Å². The van der Waals surface area contributed by atoms with Gasteiger partial charge >= 0.3 is 0 Å². The molecule has 4 nitrogen and oxygen atoms in total. The summed E-state index contributed by atoms with van der Waals surface area (Å²) in [6, 6.07) is 6.14. The van der Waals surface area contributed by atoms with Gasteiger partial charge in [0.25, 0.3) is 0 Å². The van der Waals surface area contributed by atoms with E-state index in [1.54, 1.807) is 7.11 Å². The summed E-state index contributed by atoms with van der Waals surface area (Å²) >= 11 is 0. The highest BCUT2D eigenvalue weighted by molar-refractivity contribution is 5.43. The van der Waals surface area contributed by atoms with Crippen LogP contribution in [0.2, 0.25) is 0 Å². The van der Waals surface area contributed by atoms with Crippen molar-refractivity contribution in [2.75, 3.05) is 40.0 Å². The first-order valence-corrected chi connectivity index (χ1v) is 5.98. The predicted molar refractivity (Wildman–Crippen MR) is 65.9 cm³/mol. The molecule has 1 heterocycles. The van der Waals surface area contributed by atoms with Crippen LogP contribution in [0.1, 0.15) is 5.56 Å². The summed E-state index contributed by atoms with van der Waals surface area (Å²) in [5, 5.41) is 3.32. The minimum Gasteiger partial charge on any atom is -0.486 e. The van der Waals surface area contributed by atoms with Crippen molar-refractivity contribution < 1.29 is 14.2 Å². The van der Waals surface area contributed by atoms with Crippen molar-refractivity contribution in [1.29, 1.82) is 0 Å². The quantitative estimate of drug-likeness (QED) is 0.756. The summed E-state index contributed by atoms with van der Waals surface area (Å²) in [4.78, 5) is 0. The van der Waals surface area contributed by atoms with Gasteiger partial charge in [0.2, 0.25) is 0 Å². The molecule has 0 spiro atoms. The molecule has 0 saturated heterocycles. The first-order valence-electron chi connectivity index (χ1n) is 5.98. The number of benzene rings is 1. The van der Waals surface area contributed by atoms with E-state index in [2.05, 4.69) is 17.4 Å². The highest BCUT2D eigenvalue weighted by atomic mass is 16.6. The molecule has 0 aliphatic carbocycles. The molecule has 0 amide bonds. The van der Waals surface area contributed by atoms with Crippen LogP contribution in [0.3, 0.4) is 0 Å². The van der Waals surface area contributed by atoms with Gasteiger partial charge in [-0.2, -0.15) is 0 Å². The Kier molecular flexibility index (Phi) is 4.64. The van der Waals surface area contributed by atoms with Gasteiger partial charge in [-0.1, -0.05) is 6.07 Å². The number of ether oxygens (including phenoxy) is 3. The molecular weight excluding hydrogens is 218 g/mol. The van der Waals surface area contributed by atoms with Crippen LogP contribution >= 0.6 is 0 Å². The molecule has 0 bridgehead atoms. The minimum absolute atomic E-state index is 0.641. The minimum atomic E-state index is 0.641. The lowest BCUT2D eigenvalue weighted by atomic mass is 10.1. The molecule has 1 aromatic carbocycles. The fraction of sp³-hybridized carbons (Fsp3) is 0.538. The van der Waals surface area contributed by atoms with E-state index in [0.29, 0.717) is 13.2 Å². The van der Waals surface area contributed by atoms with Crippen molar-refractivity contribution in [3.8, 4) is 11.5 Å². The molecule has 1 aliphatic rings. The van der Waals surface area contributed by atoms with Gasteiger partial charge in [-0.15, -0.1) is 0 Å². The topological polar surface area (TPSA) is 39.7 Å². The Morgan fingerprint density at radius 3 is 2.82 bits per heavy atom. The van der Waals surface area contributed by atoms with Gasteiger partial charge in [-0.3, -0.25) is 0 Å². The zero-order chi connectivity index (χ0) is 11.9. The number of methoxy groups -OCH3 is 1. The summed E-state index contributed by atoms with van der Waals surface area (Å²) in [5.41, 5.74) is 1.26. The van der Waals surface area contributed by atoms with E-state index < -0.39 is 0 Å². The van der Waals surface area contributed by atoms with Crippen molar-refractivity contribution in [3.63, 3.8) is 0 Å². The number of rotatable bonds is 6. The van der Waals surface area contributed by atoms with E-state index in [4.69, 9.17) is 14.2 Å². The molecular formula is C13H19NO3. The van der Waals surface area contributed by atoms with Crippen molar-refractivity contribution in [2.24, 2.45) is 0 Å². The Bertz CT molecular complexity index is 355. The fourth-order valence-electron chi connectivity index (χ4n) is 1.78. The molecule has 17 heavy (non-hydrogen) atoms. The summed E-state index contributed by atoms with van der Waals surface area (Å²) in [7, 11) is 1.71. The smallest absolute Gasteiger partial charge is 0.161 e. The second-order valence-corrected chi connectivity index (χ2v) is 3.97. The van der Waals surface area contributed by atoms with Gasteiger partial charge < -0.3 is 19.5 Å². The molecule has 0 atom stereocenters. The maximum absolute atomic E-state index is 5.54. The van der Waals surface area contributed by atoms with E-state index in [1.807, 2.05) is 6.07 Å². The average molecular weight is 237 g/mol. The number of hydrogen-bond acceptors (Lipinski definition) is 4. The van der Waals surface area contributed by atoms with Crippen LogP contribution in [-0.2, 0) is 11.2 Å². The van der Waals surface area contributed by atoms with E-state index in [1.165, 1.54) is 5.56 Å². The second-order valence-electron chi connectivity index (χ2n) is 3.97. The standard InChI is InChI=1S/C13H19NO3/c1-15-7-6-14-5-4-11-2-3-12-13(10-11)17-9-8-16-12/h2-3,10,14H,4-9H2,1H3. The third kappa shape index (κ3) is 3.61. The lowest BCUT2D eigenvalue weighted by molar-refractivity contribution is 0.171. The zero-order valence-corrected chi connectivity index (χ0v) is 10.2. The van der Waals surface area contributed by atoms with E-state index in [9.17, 15) is 0 Å². The van der Waals surface area contributed by atoms with Crippen molar-refractivity contribution in [1.82, 2.24) is 5.32 Å². The maximum atomic E-state index is 5.54. The number of hydrogen-bond donors (Lipinski definition) is 1. The average Bonchev–Trinajstić information content (AvgIpc) is 2.38. The van der Waals surface area contributed by atoms with Gasteiger partial charge in [0.1, 0.15) is 13.2 Å². The molecule has 0 saturated carbocycles. The molecule has 0 unspecified atom stereocenters. The van der Waals surface area contributed by atoms with Crippen LogP contribution in [0.25, 0.3) is 0 Å². The highest BCUT2D eigenvalue weighted by Crippen LogP contribution is 2.30. The zero-order valence-electron chi connectivity index (χ0n) is 10.2. The Balaban J connectivity index is 1.81. The Morgan fingerprint density at radius 1 is 1.18 bits per heavy atom. The molecule has 4 heteroatoms. The third-order valence-corrected chi connectivity index (χ3v) is 2.68. The molecule has 2 rings (SSSR count). The monoisotopic (exact) mass is 237 g/mol. The van der Waals surface area contributed by atoms with Crippen LogP contribution in [0, 0.1) is 0 Å². The van der Waals surface area contributed by atoms with E-state index in [0.717, 1.165) is 37.6 Å². The Hall–Kier alpha value is -1.26. The molecule has 0 fully saturated rings. The second kappa shape index (κ2) is 6.47. The molecule has 0 radical (unpaired) electrons. The highest BCUT2D eigenvalue weighted by Gasteiger charge is 2.11. The lowest BCUT2D eigenvalue weighted by Crippen LogP contribution is -2.21. The van der Waals surface area contributed by atoms with Crippen LogP contribution in [0.5, 0.6) is 11.5 Å². The van der Waals surface area contributed by atoms with Gasteiger partial charge in [-0.05, 0) is 30.7 Å². The van der Waals surface area contributed by atoms with Crippen molar-refractivity contribution in [2.45, 2.75) is 6.42 Å². The molecule has 1 aromatic rings. The van der Waals surface area contributed by atoms with Crippen LogP contribution < -0.4 is 14.8 Å². The maximum Gasteiger partial charge on any atom is 0.161 e. The van der Waals surface area contributed by atoms with Crippen LogP contribution in [0.15, 0.2) is 18.2 Å². The SMILES string of the molecule is COCCNCCc1ccc2c(c1)OCCO2. The van der Waals surface area contributed by atoms with Gasteiger partial charge in [-0.25, -0.2) is 0 Å². The predicted octanol–water partition coefficient (Wildman–Crippen LogP) is 1.24. The summed E-state index contributed by atoms with van der Waals surface area (Å²) in [6.45, 7) is 3.87. The van der Waals surface area contributed by atoms with Crippen LogP contribution in [0.4, 0.5) is 0 Å². The van der Waals surface area contributed by atoms with E-state index in [-0.39, 0.29) is 0 Å². The van der Waals surface area contributed by atoms with Gasteiger partial charge in [0, 0.05) is 13.7 Å². The number of nitrogens with one attached hydrogen (secondary N) is 1. The fourth-order valence-corrected chi connectivity index (χ4v) is 1.78. The first kappa shape index (κ1) is 12.2. The van der Waals surface area contributed by atoms with Crippen molar-refractivity contribution >= 4 is 0 Å². The van der Waals surface area contributed by atoms with Gasteiger partial charge in [0.05, 0.1) is 6.61 Å². The molecule has 94 valence electrons. The Morgan fingerprint density at radius 2 is 2.00 bits per heavy atom. The third-order valence-electron chi connectivity index (χ3n) is 2.68. The first-order chi connectivity index (χ1) is 8.40. The lowest BCUT2D eigenvalue weighted by Gasteiger charge is -2.18. The molecule has 1 N–H and O–H groups in total.